The lowest BCUT2D eigenvalue weighted by Crippen LogP contribution is -2.55. The summed E-state index contributed by atoms with van der Waals surface area (Å²) in [5.41, 5.74) is 1.52. The van der Waals surface area contributed by atoms with Crippen LogP contribution >= 0.6 is 23.2 Å². The first kappa shape index (κ1) is 19.5. The highest BCUT2D eigenvalue weighted by atomic mass is 35.5. The van der Waals surface area contributed by atoms with Crippen LogP contribution in [0.25, 0.3) is 0 Å². The van der Waals surface area contributed by atoms with E-state index in [1.165, 1.54) is 0 Å². The highest BCUT2D eigenvalue weighted by molar-refractivity contribution is 6.31. The third-order valence-electron chi connectivity index (χ3n) is 6.31. The van der Waals surface area contributed by atoms with Crippen molar-refractivity contribution in [1.82, 2.24) is 0 Å². The summed E-state index contributed by atoms with van der Waals surface area (Å²) < 4.78 is 0. The summed E-state index contributed by atoms with van der Waals surface area (Å²) in [6, 6.07) is 13.1. The van der Waals surface area contributed by atoms with Gasteiger partial charge in [-0.25, -0.2) is 0 Å². The van der Waals surface area contributed by atoms with Crippen LogP contribution in [0.15, 0.2) is 42.5 Å². The molecule has 1 aliphatic heterocycles. The monoisotopic (exact) mass is 415 g/mol. The number of halogens is 2. The van der Waals surface area contributed by atoms with Gasteiger partial charge in [0.05, 0.1) is 5.41 Å². The number of fused-ring (bicyclic) bond motifs is 2. The van der Waals surface area contributed by atoms with E-state index in [0.717, 1.165) is 16.8 Å². The summed E-state index contributed by atoms with van der Waals surface area (Å²) in [6.07, 6.45) is 0.707. The zero-order chi connectivity index (χ0) is 20.3. The van der Waals surface area contributed by atoms with E-state index in [9.17, 15) is 9.59 Å². The summed E-state index contributed by atoms with van der Waals surface area (Å²) in [5, 5.41) is 4.25. The fourth-order valence-corrected chi connectivity index (χ4v) is 5.59. The average molecular weight is 416 g/mol. The minimum atomic E-state index is -0.837. The van der Waals surface area contributed by atoms with E-state index >= 15 is 0 Å². The van der Waals surface area contributed by atoms with E-state index in [0.29, 0.717) is 22.9 Å². The molecule has 2 aliphatic rings. The number of hydrogen-bond acceptors (Lipinski definition) is 2. The first-order valence-corrected chi connectivity index (χ1v) is 10.3. The highest BCUT2D eigenvalue weighted by Gasteiger charge is 2.62. The number of nitrogens with one attached hydrogen (secondary N) is 1. The van der Waals surface area contributed by atoms with Crippen LogP contribution in [0.3, 0.4) is 0 Å². The zero-order valence-corrected chi connectivity index (χ0v) is 17.7. The molecule has 28 heavy (non-hydrogen) atoms. The van der Waals surface area contributed by atoms with Gasteiger partial charge in [0.1, 0.15) is 5.78 Å². The Kier molecular flexibility index (Phi) is 4.59. The summed E-state index contributed by atoms with van der Waals surface area (Å²) in [4.78, 5) is 26.5. The van der Waals surface area contributed by atoms with Crippen LogP contribution in [0.2, 0.25) is 10.0 Å². The minimum absolute atomic E-state index is 0.0535. The lowest BCUT2D eigenvalue weighted by Gasteiger charge is -2.50. The molecule has 1 heterocycles. The molecule has 1 saturated carbocycles. The molecule has 4 rings (SSSR count). The molecule has 0 unspecified atom stereocenters. The number of hydrogen-bond donors (Lipinski definition) is 1. The van der Waals surface area contributed by atoms with Crippen LogP contribution in [0, 0.1) is 11.3 Å². The molecule has 5 heteroatoms. The minimum Gasteiger partial charge on any atom is -0.325 e. The Balaban J connectivity index is 2.02. The zero-order valence-electron chi connectivity index (χ0n) is 16.2. The largest absolute Gasteiger partial charge is 0.325 e. The highest BCUT2D eigenvalue weighted by Crippen LogP contribution is 2.61. The maximum absolute atomic E-state index is 13.7. The molecule has 2 aromatic carbocycles. The third kappa shape index (κ3) is 2.87. The summed E-state index contributed by atoms with van der Waals surface area (Å²) in [6.45, 7) is 6.32. The van der Waals surface area contributed by atoms with Gasteiger partial charge in [-0.2, -0.15) is 0 Å². The molecule has 1 N–H and O–H groups in total. The molecule has 3 nitrogen and oxygen atoms in total. The quantitative estimate of drug-likeness (QED) is 0.621. The Bertz CT molecular complexity index is 979. The van der Waals surface area contributed by atoms with Crippen molar-refractivity contribution in [3.8, 4) is 0 Å². The summed E-state index contributed by atoms with van der Waals surface area (Å²) in [7, 11) is 0. The number of carbonyl (C=O) groups excluding carboxylic acids is 2. The van der Waals surface area contributed by atoms with Crippen LogP contribution in [-0.2, 0) is 15.0 Å². The standard InChI is InChI=1S/C23H23Cl2NO2/c1-22(2,3)20-12-16(27)11-18(13-5-4-6-14(24)9-13)23(20)17-8-7-15(25)10-19(17)26-21(23)28/h4-10,18,20H,11-12H2,1-3H3,(H,26,28)/t18-,20+,23+/m0/s1. The Labute approximate surface area is 175 Å². The molecule has 0 radical (unpaired) electrons. The topological polar surface area (TPSA) is 46.2 Å². The SMILES string of the molecule is CC(C)(C)[C@H]1CC(=O)C[C@@H](c2cccc(Cl)c2)[C@@]12C(=O)Nc1cc(Cl)ccc12. The number of amides is 1. The van der Waals surface area contributed by atoms with Gasteiger partial charge < -0.3 is 5.32 Å². The van der Waals surface area contributed by atoms with Gasteiger partial charge >= 0.3 is 0 Å². The number of anilines is 1. The molecule has 1 fully saturated rings. The molecule has 1 spiro atoms. The van der Waals surface area contributed by atoms with Gasteiger partial charge in [-0.15, -0.1) is 0 Å². The van der Waals surface area contributed by atoms with Crippen LogP contribution in [0.5, 0.6) is 0 Å². The van der Waals surface area contributed by atoms with Gasteiger partial charge in [0, 0.05) is 34.5 Å². The molecule has 1 amide bonds. The van der Waals surface area contributed by atoms with Gasteiger partial charge in [0.15, 0.2) is 0 Å². The molecule has 0 aromatic heterocycles. The fraction of sp³-hybridized carbons (Fsp3) is 0.391. The van der Waals surface area contributed by atoms with Crippen molar-refractivity contribution in [2.45, 2.75) is 44.9 Å². The van der Waals surface area contributed by atoms with Gasteiger partial charge in [0.2, 0.25) is 5.91 Å². The van der Waals surface area contributed by atoms with Gasteiger partial charge in [-0.1, -0.05) is 62.2 Å². The summed E-state index contributed by atoms with van der Waals surface area (Å²) >= 11 is 12.5. The third-order valence-corrected chi connectivity index (χ3v) is 6.78. The molecule has 0 saturated heterocycles. The molecule has 0 bridgehead atoms. The summed E-state index contributed by atoms with van der Waals surface area (Å²) in [5.74, 6) is -0.292. The fourth-order valence-electron chi connectivity index (χ4n) is 5.22. The molecular formula is C23H23Cl2NO2. The van der Waals surface area contributed by atoms with Crippen molar-refractivity contribution in [3.05, 3.63) is 63.6 Å². The molecule has 2 aromatic rings. The van der Waals surface area contributed by atoms with Crippen molar-refractivity contribution in [3.63, 3.8) is 0 Å². The van der Waals surface area contributed by atoms with E-state index in [1.54, 1.807) is 6.07 Å². The number of carbonyl (C=O) groups is 2. The normalized spacial score (nSPS) is 27.0. The smallest absolute Gasteiger partial charge is 0.236 e. The Morgan fingerprint density at radius 2 is 1.71 bits per heavy atom. The van der Waals surface area contributed by atoms with Crippen molar-refractivity contribution >= 4 is 40.6 Å². The lowest BCUT2D eigenvalue weighted by atomic mass is 9.50. The number of ketones is 1. The average Bonchev–Trinajstić information content (AvgIpc) is 2.87. The van der Waals surface area contributed by atoms with E-state index in [1.807, 2.05) is 36.4 Å². The van der Waals surface area contributed by atoms with E-state index in [4.69, 9.17) is 23.2 Å². The van der Waals surface area contributed by atoms with E-state index < -0.39 is 5.41 Å². The van der Waals surface area contributed by atoms with Crippen molar-refractivity contribution in [2.24, 2.45) is 11.3 Å². The first-order valence-electron chi connectivity index (χ1n) is 9.52. The van der Waals surface area contributed by atoms with Gasteiger partial charge in [0.25, 0.3) is 0 Å². The van der Waals surface area contributed by atoms with Crippen molar-refractivity contribution in [2.75, 3.05) is 5.32 Å². The van der Waals surface area contributed by atoms with Gasteiger partial charge in [-0.05, 0) is 46.7 Å². The van der Waals surface area contributed by atoms with Crippen LogP contribution in [0.1, 0.15) is 50.7 Å². The van der Waals surface area contributed by atoms with E-state index in [2.05, 4.69) is 26.1 Å². The Morgan fingerprint density at radius 3 is 2.39 bits per heavy atom. The van der Waals surface area contributed by atoms with E-state index in [-0.39, 0.29) is 28.9 Å². The second-order valence-electron chi connectivity index (χ2n) is 8.99. The van der Waals surface area contributed by atoms with Crippen LogP contribution < -0.4 is 5.32 Å². The van der Waals surface area contributed by atoms with Crippen molar-refractivity contribution < 1.29 is 9.59 Å². The first-order chi connectivity index (χ1) is 13.1. The number of rotatable bonds is 1. The Morgan fingerprint density at radius 1 is 1.00 bits per heavy atom. The second kappa shape index (κ2) is 6.60. The van der Waals surface area contributed by atoms with Gasteiger partial charge in [-0.3, -0.25) is 9.59 Å². The predicted octanol–water partition coefficient (Wildman–Crippen LogP) is 5.99. The van der Waals surface area contributed by atoms with Crippen molar-refractivity contribution in [1.29, 1.82) is 0 Å². The molecule has 146 valence electrons. The molecular weight excluding hydrogens is 393 g/mol. The number of Topliss-reactive ketones (excluding diaryl/α,β-unsaturated/α-hetero) is 1. The van der Waals surface area contributed by atoms with Crippen LogP contribution in [0.4, 0.5) is 5.69 Å². The van der Waals surface area contributed by atoms with Crippen LogP contribution in [-0.4, -0.2) is 11.7 Å². The molecule has 1 aliphatic carbocycles. The Hall–Kier alpha value is -1.84. The molecule has 3 atom stereocenters. The predicted molar refractivity (Wildman–Crippen MR) is 113 cm³/mol. The maximum atomic E-state index is 13.7. The maximum Gasteiger partial charge on any atom is 0.236 e. The lowest BCUT2D eigenvalue weighted by molar-refractivity contribution is -0.134. The second-order valence-corrected chi connectivity index (χ2v) is 9.86. The number of benzene rings is 2.